The van der Waals surface area contributed by atoms with Gasteiger partial charge in [0.25, 0.3) is 5.56 Å². The lowest BCUT2D eigenvalue weighted by molar-refractivity contribution is -0.136. The summed E-state index contributed by atoms with van der Waals surface area (Å²) in [6.07, 6.45) is 1.67. The third kappa shape index (κ3) is 3.92. The van der Waals surface area contributed by atoms with Gasteiger partial charge in [-0.05, 0) is 24.6 Å². The van der Waals surface area contributed by atoms with Crippen molar-refractivity contribution in [2.45, 2.75) is 19.9 Å². The van der Waals surface area contributed by atoms with Gasteiger partial charge in [-0.2, -0.15) is 0 Å². The Morgan fingerprint density at radius 1 is 1.09 bits per heavy atom. The fraction of sp³-hybridized carbons (Fsp3) is 0.167. The molecule has 1 atom stereocenters. The highest BCUT2D eigenvalue weighted by molar-refractivity contribution is 7.07. The number of carbonyl (C=O) groups excluding carboxylic acids is 2. The molecule has 32 heavy (non-hydrogen) atoms. The van der Waals surface area contributed by atoms with Crippen LogP contribution in [0.15, 0.2) is 75.7 Å². The minimum atomic E-state index is -0.661. The first-order chi connectivity index (χ1) is 15.4. The number of benzene rings is 2. The van der Waals surface area contributed by atoms with E-state index < -0.39 is 18.0 Å². The van der Waals surface area contributed by atoms with Crippen LogP contribution in [0.5, 0.6) is 5.75 Å². The Morgan fingerprint density at radius 3 is 2.47 bits per heavy atom. The van der Waals surface area contributed by atoms with Gasteiger partial charge in [-0.25, -0.2) is 9.79 Å². The number of para-hydroxylation sites is 1. The van der Waals surface area contributed by atoms with Crippen LogP contribution in [-0.2, 0) is 14.3 Å². The molecule has 0 fully saturated rings. The van der Waals surface area contributed by atoms with E-state index in [1.807, 2.05) is 30.3 Å². The Labute approximate surface area is 187 Å². The van der Waals surface area contributed by atoms with E-state index in [-0.39, 0.29) is 5.56 Å². The number of methoxy groups -OCH3 is 1. The van der Waals surface area contributed by atoms with Crippen LogP contribution in [0.4, 0.5) is 0 Å². The molecule has 0 amide bonds. The number of thiazole rings is 1. The SMILES string of the molecule is COC(=O)C1=C(C)N=c2sc(=Cc3ccccc3OC(C)=O)c(=O)n2[C@H]1c1ccccc1. The number of rotatable bonds is 4. The molecule has 4 rings (SSSR count). The fourth-order valence-corrected chi connectivity index (χ4v) is 4.67. The van der Waals surface area contributed by atoms with Gasteiger partial charge in [0.2, 0.25) is 0 Å². The molecule has 7 nitrogen and oxygen atoms in total. The number of fused-ring (bicyclic) bond motifs is 1. The second kappa shape index (κ2) is 8.76. The first-order valence-corrected chi connectivity index (χ1v) is 10.7. The van der Waals surface area contributed by atoms with Crippen LogP contribution in [0.25, 0.3) is 6.08 Å². The summed E-state index contributed by atoms with van der Waals surface area (Å²) in [5, 5.41) is 0. The van der Waals surface area contributed by atoms with Gasteiger partial charge < -0.3 is 9.47 Å². The Hall–Kier alpha value is -3.78. The van der Waals surface area contributed by atoms with E-state index in [0.29, 0.717) is 31.9 Å². The van der Waals surface area contributed by atoms with E-state index in [4.69, 9.17) is 9.47 Å². The van der Waals surface area contributed by atoms with Gasteiger partial charge in [0.1, 0.15) is 5.75 Å². The number of hydrogen-bond acceptors (Lipinski definition) is 7. The van der Waals surface area contributed by atoms with Gasteiger partial charge in [-0.3, -0.25) is 14.2 Å². The molecule has 0 saturated heterocycles. The predicted octanol–water partition coefficient (Wildman–Crippen LogP) is 2.33. The highest BCUT2D eigenvalue weighted by Gasteiger charge is 2.32. The van der Waals surface area contributed by atoms with E-state index in [9.17, 15) is 14.4 Å². The number of hydrogen-bond donors (Lipinski definition) is 0. The van der Waals surface area contributed by atoms with Crippen molar-refractivity contribution in [3.8, 4) is 5.75 Å². The first kappa shape index (κ1) is 21.5. The molecule has 1 aromatic heterocycles. The molecule has 1 aliphatic rings. The van der Waals surface area contributed by atoms with Crippen LogP contribution >= 0.6 is 11.3 Å². The molecule has 0 radical (unpaired) electrons. The van der Waals surface area contributed by atoms with E-state index >= 15 is 0 Å². The van der Waals surface area contributed by atoms with Crippen molar-refractivity contribution < 1.29 is 19.1 Å². The average Bonchev–Trinajstić information content (AvgIpc) is 3.08. The molecule has 0 saturated carbocycles. The molecule has 0 N–H and O–H groups in total. The van der Waals surface area contributed by atoms with E-state index in [1.165, 1.54) is 29.9 Å². The van der Waals surface area contributed by atoms with E-state index in [1.54, 1.807) is 37.3 Å². The standard InChI is InChI=1S/C24H20N2O5S/c1-14-20(23(29)30-3)21(16-9-5-4-6-10-16)26-22(28)19(32-24(26)25-14)13-17-11-7-8-12-18(17)31-15(2)27/h4-13,21H,1-3H3/t21-/m0/s1. The molecular formula is C24H20N2O5S. The predicted molar refractivity (Wildman–Crippen MR) is 120 cm³/mol. The van der Waals surface area contributed by atoms with Crippen LogP contribution in [-0.4, -0.2) is 23.6 Å². The molecular weight excluding hydrogens is 428 g/mol. The van der Waals surface area contributed by atoms with Crippen LogP contribution in [0.3, 0.4) is 0 Å². The summed E-state index contributed by atoms with van der Waals surface area (Å²) in [6, 6.07) is 15.6. The van der Waals surface area contributed by atoms with Crippen LogP contribution in [0.1, 0.15) is 31.0 Å². The lowest BCUT2D eigenvalue weighted by Gasteiger charge is -2.24. The van der Waals surface area contributed by atoms with Gasteiger partial charge in [0, 0.05) is 12.5 Å². The van der Waals surface area contributed by atoms with Gasteiger partial charge in [0.05, 0.1) is 29.0 Å². The van der Waals surface area contributed by atoms with E-state index in [2.05, 4.69) is 4.99 Å². The zero-order chi connectivity index (χ0) is 22.8. The smallest absolute Gasteiger partial charge is 0.338 e. The molecule has 2 heterocycles. The van der Waals surface area contributed by atoms with Crippen molar-refractivity contribution in [1.82, 2.24) is 4.57 Å². The van der Waals surface area contributed by atoms with Crippen molar-refractivity contribution in [3.63, 3.8) is 0 Å². The second-order valence-corrected chi connectivity index (χ2v) is 8.12. The van der Waals surface area contributed by atoms with Crippen LogP contribution in [0, 0.1) is 0 Å². The van der Waals surface area contributed by atoms with E-state index in [0.717, 1.165) is 5.56 Å². The maximum absolute atomic E-state index is 13.5. The Bertz CT molecular complexity index is 1420. The van der Waals surface area contributed by atoms with Crippen molar-refractivity contribution in [1.29, 1.82) is 0 Å². The average molecular weight is 449 g/mol. The molecule has 0 aliphatic carbocycles. The topological polar surface area (TPSA) is 87.0 Å². The normalized spacial score (nSPS) is 15.7. The lowest BCUT2D eigenvalue weighted by Crippen LogP contribution is -2.39. The number of aromatic nitrogens is 1. The Morgan fingerprint density at radius 2 is 1.78 bits per heavy atom. The molecule has 1 aliphatic heterocycles. The van der Waals surface area contributed by atoms with Crippen molar-refractivity contribution in [2.24, 2.45) is 4.99 Å². The summed E-state index contributed by atoms with van der Waals surface area (Å²) in [6.45, 7) is 3.05. The number of allylic oxidation sites excluding steroid dienone is 1. The van der Waals surface area contributed by atoms with Gasteiger partial charge in [-0.15, -0.1) is 0 Å². The molecule has 2 aromatic carbocycles. The van der Waals surface area contributed by atoms with Crippen LogP contribution < -0.4 is 19.6 Å². The van der Waals surface area contributed by atoms with Gasteiger partial charge in [-0.1, -0.05) is 59.9 Å². The Balaban J connectivity index is 1.95. The van der Waals surface area contributed by atoms with Gasteiger partial charge in [0.15, 0.2) is 4.80 Å². The van der Waals surface area contributed by atoms with Crippen molar-refractivity contribution in [2.75, 3.05) is 7.11 Å². The largest absolute Gasteiger partial charge is 0.466 e. The fourth-order valence-electron chi connectivity index (χ4n) is 3.63. The summed E-state index contributed by atoms with van der Waals surface area (Å²) >= 11 is 1.21. The second-order valence-electron chi connectivity index (χ2n) is 7.12. The maximum atomic E-state index is 13.5. The minimum absolute atomic E-state index is 0.297. The molecule has 0 bridgehead atoms. The van der Waals surface area contributed by atoms with Crippen molar-refractivity contribution >= 4 is 29.4 Å². The summed E-state index contributed by atoms with van der Waals surface area (Å²) in [5.41, 5.74) is 1.88. The number of nitrogens with zero attached hydrogens (tertiary/aromatic N) is 2. The highest BCUT2D eigenvalue weighted by atomic mass is 32.1. The highest BCUT2D eigenvalue weighted by Crippen LogP contribution is 2.30. The summed E-state index contributed by atoms with van der Waals surface area (Å²) < 4.78 is 12.2. The molecule has 162 valence electrons. The maximum Gasteiger partial charge on any atom is 0.338 e. The van der Waals surface area contributed by atoms with Crippen molar-refractivity contribution in [3.05, 3.63) is 96.7 Å². The number of carbonyl (C=O) groups is 2. The lowest BCUT2D eigenvalue weighted by atomic mass is 9.96. The summed E-state index contributed by atoms with van der Waals surface area (Å²) in [7, 11) is 1.31. The monoisotopic (exact) mass is 448 g/mol. The number of esters is 2. The van der Waals surface area contributed by atoms with Crippen LogP contribution in [0.2, 0.25) is 0 Å². The first-order valence-electron chi connectivity index (χ1n) is 9.84. The molecule has 3 aromatic rings. The summed E-state index contributed by atoms with van der Waals surface area (Å²) in [4.78, 5) is 42.6. The zero-order valence-corrected chi connectivity index (χ0v) is 18.5. The molecule has 8 heteroatoms. The zero-order valence-electron chi connectivity index (χ0n) is 17.7. The summed E-state index contributed by atoms with van der Waals surface area (Å²) in [5.74, 6) is -0.624. The third-order valence-electron chi connectivity index (χ3n) is 5.00. The molecule has 0 spiro atoms. The quantitative estimate of drug-likeness (QED) is 0.452. The van der Waals surface area contributed by atoms with Gasteiger partial charge >= 0.3 is 11.9 Å². The molecule has 0 unspecified atom stereocenters. The number of ether oxygens (including phenoxy) is 2. The Kier molecular flexibility index (Phi) is 5.87. The minimum Gasteiger partial charge on any atom is -0.466 e. The third-order valence-corrected chi connectivity index (χ3v) is 5.98.